The lowest BCUT2D eigenvalue weighted by Gasteiger charge is -2.32. The third-order valence-corrected chi connectivity index (χ3v) is 10.6. The molecule has 2 aromatic rings. The Morgan fingerprint density at radius 1 is 1.15 bits per heavy atom. The lowest BCUT2D eigenvalue weighted by Crippen LogP contribution is -2.40. The molecule has 1 aliphatic carbocycles. The number of ether oxygens (including phenoxy) is 2. The van der Waals surface area contributed by atoms with Crippen molar-refractivity contribution in [1.82, 2.24) is 4.57 Å². The molecule has 5 N–H and O–H groups in total. The topological polar surface area (TPSA) is 156 Å². The summed E-state index contributed by atoms with van der Waals surface area (Å²) in [5, 5.41) is 3.30. The Hall–Kier alpha value is -2.96. The van der Waals surface area contributed by atoms with Crippen LogP contribution in [0.4, 0.5) is 10.1 Å². The zero-order valence-electron chi connectivity index (χ0n) is 24.0. The van der Waals surface area contributed by atoms with E-state index in [1.165, 1.54) is 6.07 Å². The van der Waals surface area contributed by atoms with Crippen LogP contribution in [-0.2, 0) is 43.7 Å². The highest BCUT2D eigenvalue weighted by molar-refractivity contribution is 7.91. The summed E-state index contributed by atoms with van der Waals surface area (Å²) in [5.41, 5.74) is 13.3. The molecule has 3 aliphatic rings. The molecule has 10 nitrogen and oxygen atoms in total. The molecule has 1 fully saturated rings. The molecule has 1 aromatic carbocycles. The van der Waals surface area contributed by atoms with Gasteiger partial charge in [-0.25, -0.2) is 12.8 Å². The van der Waals surface area contributed by atoms with Gasteiger partial charge in [0.2, 0.25) is 0 Å². The van der Waals surface area contributed by atoms with Crippen LogP contribution in [0.3, 0.4) is 0 Å². The maximum atomic E-state index is 15.6. The van der Waals surface area contributed by atoms with Gasteiger partial charge in [-0.3, -0.25) is 9.59 Å². The van der Waals surface area contributed by atoms with E-state index in [0.717, 1.165) is 0 Å². The van der Waals surface area contributed by atoms with Crippen LogP contribution in [0.15, 0.2) is 17.0 Å². The molecule has 2 aliphatic heterocycles. The molecule has 0 spiro atoms. The summed E-state index contributed by atoms with van der Waals surface area (Å²) in [6.07, 6.45) is 2.64. The first-order valence-electron chi connectivity index (χ1n) is 14.1. The highest BCUT2D eigenvalue weighted by Gasteiger charge is 2.43. The monoisotopic (exact) mass is 590 g/mol. The molecule has 1 atom stereocenters. The number of halogens is 1. The lowest BCUT2D eigenvalue weighted by molar-refractivity contribution is -0.153. The number of sulfone groups is 1. The van der Waals surface area contributed by atoms with Crippen LogP contribution in [0.1, 0.15) is 80.7 Å². The number of primary amides is 1. The third kappa shape index (κ3) is 5.61. The Morgan fingerprint density at radius 3 is 2.46 bits per heavy atom. The maximum absolute atomic E-state index is 15.6. The smallest absolute Gasteiger partial charge is 0.323 e. The number of esters is 1. The fourth-order valence-corrected chi connectivity index (χ4v) is 8.68. The number of nitrogens with two attached hydrogens (primary N) is 2. The molecule has 5 rings (SSSR count). The number of amides is 1. The summed E-state index contributed by atoms with van der Waals surface area (Å²) < 4.78 is 55.3. The fourth-order valence-electron chi connectivity index (χ4n) is 6.33. The minimum Gasteiger partial charge on any atom is -0.461 e. The quantitative estimate of drug-likeness (QED) is 0.415. The van der Waals surface area contributed by atoms with Gasteiger partial charge in [0, 0.05) is 17.3 Å². The van der Waals surface area contributed by atoms with E-state index in [4.69, 9.17) is 20.9 Å². The summed E-state index contributed by atoms with van der Waals surface area (Å²) in [6.45, 7) is 7.90. The van der Waals surface area contributed by atoms with E-state index in [9.17, 15) is 18.0 Å². The molecule has 0 saturated heterocycles. The van der Waals surface area contributed by atoms with E-state index >= 15 is 4.39 Å². The number of nitrogens with zero attached hydrogens (tertiary/aromatic N) is 1. The van der Waals surface area contributed by atoms with Gasteiger partial charge in [-0.1, -0.05) is 27.7 Å². The third-order valence-electron chi connectivity index (χ3n) is 8.33. The Labute approximate surface area is 239 Å². The molecule has 224 valence electrons. The molecule has 3 heterocycles. The highest BCUT2D eigenvalue weighted by atomic mass is 32.2. The number of rotatable bonds is 7. The molecule has 0 unspecified atom stereocenters. The predicted octanol–water partition coefficient (Wildman–Crippen LogP) is 3.35. The number of benzene rings is 1. The first-order valence-corrected chi connectivity index (χ1v) is 15.8. The van der Waals surface area contributed by atoms with Crippen LogP contribution in [0.2, 0.25) is 0 Å². The van der Waals surface area contributed by atoms with E-state index in [-0.39, 0.29) is 53.2 Å². The summed E-state index contributed by atoms with van der Waals surface area (Å²) in [5.74, 6) is -2.13. The summed E-state index contributed by atoms with van der Waals surface area (Å²) in [7, 11) is -3.58. The normalized spacial score (nSPS) is 23.5. The molecule has 1 amide bonds. The first-order chi connectivity index (χ1) is 19.2. The van der Waals surface area contributed by atoms with Crippen LogP contribution >= 0.6 is 0 Å². The Balaban J connectivity index is 1.46. The Kier molecular flexibility index (Phi) is 7.71. The minimum atomic E-state index is -3.58. The van der Waals surface area contributed by atoms with Crippen LogP contribution in [-0.4, -0.2) is 48.8 Å². The van der Waals surface area contributed by atoms with Crippen molar-refractivity contribution in [2.24, 2.45) is 22.8 Å². The van der Waals surface area contributed by atoms with Crippen molar-refractivity contribution < 1.29 is 31.9 Å². The van der Waals surface area contributed by atoms with Gasteiger partial charge in [0.15, 0.2) is 9.84 Å². The van der Waals surface area contributed by atoms with Crippen molar-refractivity contribution in [3.63, 3.8) is 0 Å². The zero-order valence-corrected chi connectivity index (χ0v) is 24.8. The second-order valence-electron chi connectivity index (χ2n) is 12.7. The molecule has 0 bridgehead atoms. The average molecular weight is 591 g/mol. The number of carbonyl (C=O) groups excluding carboxylic acids is 2. The van der Waals surface area contributed by atoms with Crippen molar-refractivity contribution in [3.8, 4) is 5.69 Å². The van der Waals surface area contributed by atoms with Gasteiger partial charge < -0.3 is 30.8 Å². The van der Waals surface area contributed by atoms with Gasteiger partial charge in [-0.05, 0) is 55.6 Å². The average Bonchev–Trinajstić information content (AvgIpc) is 3.42. The van der Waals surface area contributed by atoms with Crippen LogP contribution in [0.25, 0.3) is 5.69 Å². The largest absolute Gasteiger partial charge is 0.461 e. The second kappa shape index (κ2) is 10.7. The van der Waals surface area contributed by atoms with E-state index < -0.39 is 39.0 Å². The summed E-state index contributed by atoms with van der Waals surface area (Å²) in [6, 6.07) is 2.08. The Morgan fingerprint density at radius 2 is 1.83 bits per heavy atom. The lowest BCUT2D eigenvalue weighted by atomic mass is 9.89. The van der Waals surface area contributed by atoms with Crippen molar-refractivity contribution in [1.29, 1.82) is 0 Å². The van der Waals surface area contributed by atoms with Crippen molar-refractivity contribution in [2.75, 3.05) is 11.1 Å². The van der Waals surface area contributed by atoms with Gasteiger partial charge in [-0.2, -0.15) is 0 Å². The first kappa shape index (κ1) is 29.5. The van der Waals surface area contributed by atoms with Gasteiger partial charge in [0.25, 0.3) is 5.91 Å². The van der Waals surface area contributed by atoms with Gasteiger partial charge >= 0.3 is 5.97 Å². The number of anilines is 1. The fraction of sp³-hybridized carbons (Fsp3) is 0.586. The second-order valence-corrected chi connectivity index (χ2v) is 14.6. The number of fused-ring (bicyclic) bond motifs is 3. The standard InChI is InChI=1S/C29H39FN4O6S/c1-15(2)25(31)28(36)40-18-7-5-16(6-8-18)33-21-10-17(9-20(30)24(21)27(32)35)34-22-11-29(3,4)14-41(37,38)26(22)19-12-39-13-23(19)34/h9-10,15-16,18,25,33H,5-8,11-14,31H2,1-4H3,(H2,32,35)/t16?,18?,25-/m0/s1. The van der Waals surface area contributed by atoms with E-state index in [0.29, 0.717) is 54.7 Å². The summed E-state index contributed by atoms with van der Waals surface area (Å²) >= 11 is 0. The zero-order chi connectivity index (χ0) is 29.9. The SMILES string of the molecule is CC(C)[C@H](N)C(=O)OC1CCC(Nc2cc(-n3c4c(c5c3CC(C)(C)CS5(=O)=O)COC4)cc(F)c2C(N)=O)CC1. The summed E-state index contributed by atoms with van der Waals surface area (Å²) in [4.78, 5) is 24.9. The number of hydrogen-bond donors (Lipinski definition) is 3. The molecular weight excluding hydrogens is 551 g/mol. The van der Waals surface area contributed by atoms with Crippen molar-refractivity contribution >= 4 is 27.4 Å². The van der Waals surface area contributed by atoms with E-state index in [2.05, 4.69) is 5.32 Å². The van der Waals surface area contributed by atoms with E-state index in [1.54, 1.807) is 10.6 Å². The molecule has 1 saturated carbocycles. The van der Waals surface area contributed by atoms with Gasteiger partial charge in [-0.15, -0.1) is 0 Å². The maximum Gasteiger partial charge on any atom is 0.323 e. The van der Waals surface area contributed by atoms with Crippen LogP contribution < -0.4 is 16.8 Å². The molecule has 1 aromatic heterocycles. The minimum absolute atomic E-state index is 0.0205. The number of carbonyl (C=O) groups is 2. The van der Waals surface area contributed by atoms with Crippen LogP contribution in [0, 0.1) is 17.2 Å². The Bertz CT molecular complexity index is 1490. The molecule has 0 radical (unpaired) electrons. The number of hydrogen-bond acceptors (Lipinski definition) is 8. The molecule has 12 heteroatoms. The molecular formula is C29H39FN4O6S. The van der Waals surface area contributed by atoms with Crippen LogP contribution in [0.5, 0.6) is 0 Å². The van der Waals surface area contributed by atoms with Gasteiger partial charge in [0.05, 0.1) is 46.5 Å². The highest BCUT2D eigenvalue weighted by Crippen LogP contribution is 2.44. The predicted molar refractivity (Wildman–Crippen MR) is 151 cm³/mol. The van der Waals surface area contributed by atoms with Crippen molar-refractivity contribution in [2.45, 2.75) is 96.1 Å². The molecule has 41 heavy (non-hydrogen) atoms. The van der Waals surface area contributed by atoms with Gasteiger partial charge in [0.1, 0.15) is 18.0 Å². The van der Waals surface area contributed by atoms with Crippen molar-refractivity contribution in [3.05, 3.63) is 40.5 Å². The number of aromatic nitrogens is 1. The number of nitrogens with one attached hydrogen (secondary N) is 1. The van der Waals surface area contributed by atoms with E-state index in [1.807, 2.05) is 27.7 Å².